The van der Waals surface area contributed by atoms with Crippen LogP contribution in [0.15, 0.2) is 30.3 Å². The first-order valence-corrected chi connectivity index (χ1v) is 9.43. The summed E-state index contributed by atoms with van der Waals surface area (Å²) < 4.78 is 5.63. The van der Waals surface area contributed by atoms with Crippen LogP contribution in [-0.2, 0) is 11.2 Å². The molecule has 0 saturated carbocycles. The Morgan fingerprint density at radius 2 is 1.88 bits per heavy atom. The van der Waals surface area contributed by atoms with Crippen molar-refractivity contribution >= 4 is 8.07 Å². The molecule has 0 radical (unpaired) electrons. The van der Waals surface area contributed by atoms with Crippen molar-refractivity contribution in [2.24, 2.45) is 0 Å². The quantitative estimate of drug-likeness (QED) is 0.642. The molecule has 0 aromatic heterocycles. The molecule has 88 valence electrons. The van der Waals surface area contributed by atoms with Crippen LogP contribution in [0.2, 0.25) is 19.6 Å². The van der Waals surface area contributed by atoms with Gasteiger partial charge in [0.2, 0.25) is 0 Å². The summed E-state index contributed by atoms with van der Waals surface area (Å²) in [5.41, 5.74) is 1.52. The predicted molar refractivity (Wildman–Crippen MR) is 68.2 cm³/mol. The molecule has 0 aliphatic carbocycles. The lowest BCUT2D eigenvalue weighted by molar-refractivity contribution is 0.135. The average molecular weight is 236 g/mol. The van der Waals surface area contributed by atoms with Crippen LogP contribution in [0.4, 0.5) is 0 Å². The first kappa shape index (κ1) is 11.8. The highest BCUT2D eigenvalue weighted by Crippen LogP contribution is 2.34. The summed E-state index contributed by atoms with van der Waals surface area (Å²) in [6.45, 7) is 6.85. The number of aliphatic hydroxyl groups excluding tert-OH is 1. The fourth-order valence-electron chi connectivity index (χ4n) is 2.09. The molecule has 3 atom stereocenters. The van der Waals surface area contributed by atoms with E-state index in [0.29, 0.717) is 12.1 Å². The van der Waals surface area contributed by atoms with Crippen molar-refractivity contribution < 1.29 is 9.84 Å². The van der Waals surface area contributed by atoms with Crippen molar-refractivity contribution in [1.29, 1.82) is 0 Å². The topological polar surface area (TPSA) is 32.8 Å². The maximum atomic E-state index is 10.1. The van der Waals surface area contributed by atoms with Crippen molar-refractivity contribution in [2.45, 2.75) is 44.0 Å². The molecule has 1 fully saturated rings. The third kappa shape index (κ3) is 2.73. The SMILES string of the molecule is C[Si](C)(C)[C@@H]1O[C@H]1[C@H](O)Cc1ccccc1. The maximum absolute atomic E-state index is 10.1. The highest BCUT2D eigenvalue weighted by molar-refractivity contribution is 6.78. The third-order valence-electron chi connectivity index (χ3n) is 3.05. The van der Waals surface area contributed by atoms with E-state index >= 15 is 0 Å². The predicted octanol–water partition coefficient (Wildman–Crippen LogP) is 2.23. The van der Waals surface area contributed by atoms with Gasteiger partial charge in [-0.05, 0) is 5.56 Å². The van der Waals surface area contributed by atoms with E-state index < -0.39 is 8.07 Å². The first-order valence-electron chi connectivity index (χ1n) is 5.86. The van der Waals surface area contributed by atoms with Crippen LogP contribution in [0, 0.1) is 0 Å². The molecule has 0 amide bonds. The molecule has 1 N–H and O–H groups in total. The molecule has 0 spiro atoms. The van der Waals surface area contributed by atoms with E-state index in [1.165, 1.54) is 5.56 Å². The molecule has 2 rings (SSSR count). The maximum Gasteiger partial charge on any atom is 0.107 e. The molecule has 1 saturated heterocycles. The van der Waals surface area contributed by atoms with Crippen LogP contribution in [0.3, 0.4) is 0 Å². The highest BCUT2D eigenvalue weighted by atomic mass is 28.3. The molecule has 0 unspecified atom stereocenters. The number of hydrogen-bond donors (Lipinski definition) is 1. The molecule has 0 bridgehead atoms. The van der Waals surface area contributed by atoms with Crippen molar-refractivity contribution in [3.63, 3.8) is 0 Å². The zero-order valence-electron chi connectivity index (χ0n) is 10.2. The number of epoxide rings is 1. The van der Waals surface area contributed by atoms with Gasteiger partial charge in [0, 0.05) is 6.42 Å². The summed E-state index contributed by atoms with van der Waals surface area (Å²) in [6, 6.07) is 10.1. The Morgan fingerprint density at radius 3 is 2.38 bits per heavy atom. The Balaban J connectivity index is 1.89. The van der Waals surface area contributed by atoms with Gasteiger partial charge in [-0.3, -0.25) is 0 Å². The Bertz CT molecular complexity index is 345. The van der Waals surface area contributed by atoms with Crippen molar-refractivity contribution in [3.8, 4) is 0 Å². The molecule has 1 aromatic carbocycles. The summed E-state index contributed by atoms with van der Waals surface area (Å²) in [7, 11) is -1.25. The fraction of sp³-hybridized carbons (Fsp3) is 0.538. The summed E-state index contributed by atoms with van der Waals surface area (Å²) in [5.74, 6) is 0. The number of benzene rings is 1. The molecular weight excluding hydrogens is 216 g/mol. The minimum atomic E-state index is -1.25. The lowest BCUT2D eigenvalue weighted by Crippen LogP contribution is -2.34. The van der Waals surface area contributed by atoms with Crippen LogP contribution in [0.25, 0.3) is 0 Å². The van der Waals surface area contributed by atoms with Gasteiger partial charge in [-0.25, -0.2) is 0 Å². The molecule has 3 heteroatoms. The van der Waals surface area contributed by atoms with Gasteiger partial charge in [-0.15, -0.1) is 0 Å². The Labute approximate surface area is 98.3 Å². The Morgan fingerprint density at radius 1 is 1.25 bits per heavy atom. The molecule has 1 aromatic rings. The molecule has 2 nitrogen and oxygen atoms in total. The molecule has 16 heavy (non-hydrogen) atoms. The fourth-order valence-corrected chi connectivity index (χ4v) is 3.86. The van der Waals surface area contributed by atoms with Gasteiger partial charge in [0.05, 0.1) is 19.9 Å². The largest absolute Gasteiger partial charge is 0.390 e. The van der Waals surface area contributed by atoms with E-state index in [4.69, 9.17) is 4.74 Å². The second-order valence-electron chi connectivity index (χ2n) is 5.64. The average Bonchev–Trinajstić information content (AvgIpc) is 2.97. The van der Waals surface area contributed by atoms with Crippen molar-refractivity contribution in [1.82, 2.24) is 0 Å². The number of hydrogen-bond acceptors (Lipinski definition) is 2. The molecule has 1 heterocycles. The van der Waals surface area contributed by atoms with Crippen LogP contribution in [-0.4, -0.2) is 31.1 Å². The minimum Gasteiger partial charge on any atom is -0.390 e. The number of ether oxygens (including phenoxy) is 1. The van der Waals surface area contributed by atoms with Crippen LogP contribution < -0.4 is 0 Å². The Hall–Kier alpha value is -0.643. The van der Waals surface area contributed by atoms with E-state index in [1.54, 1.807) is 0 Å². The standard InChI is InChI=1S/C13H20O2Si/c1-16(2,3)13-12(15-13)11(14)9-10-7-5-4-6-8-10/h4-8,11-14H,9H2,1-3H3/t11-,12+,13+/m1/s1. The second kappa shape index (κ2) is 4.32. The van der Waals surface area contributed by atoms with Crippen molar-refractivity contribution in [3.05, 3.63) is 35.9 Å². The second-order valence-corrected chi connectivity index (χ2v) is 10.9. The van der Waals surface area contributed by atoms with Gasteiger partial charge in [0.15, 0.2) is 0 Å². The van der Waals surface area contributed by atoms with E-state index in [0.717, 1.165) is 0 Å². The van der Waals surface area contributed by atoms with E-state index in [2.05, 4.69) is 31.8 Å². The van der Waals surface area contributed by atoms with E-state index in [1.807, 2.05) is 18.2 Å². The summed E-state index contributed by atoms with van der Waals surface area (Å²) in [6.07, 6.45) is 0.429. The summed E-state index contributed by atoms with van der Waals surface area (Å²) in [4.78, 5) is 0. The first-order chi connectivity index (χ1) is 7.48. The van der Waals surface area contributed by atoms with Gasteiger partial charge in [-0.2, -0.15) is 0 Å². The lowest BCUT2D eigenvalue weighted by Gasteiger charge is -2.13. The van der Waals surface area contributed by atoms with E-state index in [-0.39, 0.29) is 12.2 Å². The summed E-state index contributed by atoms with van der Waals surface area (Å²) in [5, 5.41) is 10.1. The van der Waals surface area contributed by atoms with Crippen LogP contribution in [0.1, 0.15) is 5.56 Å². The molecule has 1 aliphatic rings. The highest BCUT2D eigenvalue weighted by Gasteiger charge is 2.51. The molecular formula is C13H20O2Si. The van der Waals surface area contributed by atoms with E-state index in [9.17, 15) is 5.11 Å². The number of rotatable bonds is 4. The normalized spacial score (nSPS) is 26.5. The van der Waals surface area contributed by atoms with Crippen LogP contribution in [0.5, 0.6) is 0 Å². The Kier molecular flexibility index (Phi) is 3.19. The van der Waals surface area contributed by atoms with Gasteiger partial charge in [0.1, 0.15) is 6.10 Å². The third-order valence-corrected chi connectivity index (χ3v) is 5.22. The van der Waals surface area contributed by atoms with Crippen LogP contribution >= 0.6 is 0 Å². The minimum absolute atomic E-state index is 0.0758. The van der Waals surface area contributed by atoms with Gasteiger partial charge in [-0.1, -0.05) is 50.0 Å². The van der Waals surface area contributed by atoms with Crippen molar-refractivity contribution in [2.75, 3.05) is 0 Å². The smallest absolute Gasteiger partial charge is 0.107 e. The van der Waals surface area contributed by atoms with Gasteiger partial charge < -0.3 is 9.84 Å². The summed E-state index contributed by atoms with van der Waals surface area (Å²) >= 11 is 0. The lowest BCUT2D eigenvalue weighted by atomic mass is 10.1. The zero-order valence-corrected chi connectivity index (χ0v) is 11.2. The number of aliphatic hydroxyl groups is 1. The monoisotopic (exact) mass is 236 g/mol. The zero-order chi connectivity index (χ0) is 11.8. The molecule has 1 aliphatic heterocycles. The van der Waals surface area contributed by atoms with Gasteiger partial charge in [0.25, 0.3) is 0 Å². The van der Waals surface area contributed by atoms with Gasteiger partial charge >= 0.3 is 0 Å².